The van der Waals surface area contributed by atoms with E-state index in [1.807, 2.05) is 131 Å². The molecule has 26 rings (SSSR count). The fourth-order valence-electron chi connectivity index (χ4n) is 16.8. The van der Waals surface area contributed by atoms with Crippen molar-refractivity contribution < 1.29 is 47.8 Å². The van der Waals surface area contributed by atoms with Gasteiger partial charge < -0.3 is 4.42 Å². The minimum atomic E-state index is -2.51. The molecule has 20 aromatic heterocycles. The van der Waals surface area contributed by atoms with Gasteiger partial charge >= 0.3 is 5.71 Å². The summed E-state index contributed by atoms with van der Waals surface area (Å²) >= 11 is 1.82. The van der Waals surface area contributed by atoms with Crippen molar-refractivity contribution in [1.29, 1.82) is 0 Å². The first-order chi connectivity index (χ1) is 59.1. The quantitative estimate of drug-likeness (QED) is 0.142. The molecule has 0 bridgehead atoms. The van der Waals surface area contributed by atoms with Crippen molar-refractivity contribution in [3.63, 3.8) is 0 Å². The van der Waals surface area contributed by atoms with Crippen molar-refractivity contribution in [3.8, 4) is 62.6 Å². The van der Waals surface area contributed by atoms with Crippen molar-refractivity contribution in [3.05, 3.63) is 242 Å². The summed E-state index contributed by atoms with van der Waals surface area (Å²) in [6, 6.07) is 38.4. The predicted octanol–water partition coefficient (Wildman–Crippen LogP) is 11.3. The number of para-hydroxylation sites is 1. The van der Waals surface area contributed by atoms with E-state index in [0.29, 0.717) is 122 Å². The SMILES string of the molecule is Cn1c2[n+](c3sc4cccnc4c31)Cc1ccncc1-2.[2H]C([2H])([2H])n1c2[n+](c3c1c1ncccc1n3-c1ccccc1)Cc1ccncc1-2.[2H]C([2H])([2H])n1c2[n+](c3c1c1ncccc1n3C([2H])([2H])[2H])Cc1ccncc1-2.[2H]C([2H])([2H])n1c2[n+](c3c1c1ncccc1n3C)Cc1ccncc1-2.[2H]C([2H])([2H])n1c2[n+](c3oc4cccnc4c31)Cc1ccncc1-2. The van der Waals surface area contributed by atoms with Crippen LogP contribution >= 0.6 is 11.3 Å². The van der Waals surface area contributed by atoms with Crippen molar-refractivity contribution in [2.75, 3.05) is 0 Å². The fourth-order valence-corrected chi connectivity index (χ4v) is 18.0. The Balaban J connectivity index is 0.0000000921. The molecule has 0 unspecified atom stereocenters. The van der Waals surface area contributed by atoms with Crippen LogP contribution in [0.4, 0.5) is 0 Å². The van der Waals surface area contributed by atoms with Crippen LogP contribution < -0.4 is 22.8 Å². The second kappa shape index (κ2) is 23.1. The third kappa shape index (κ3) is 8.51. The van der Waals surface area contributed by atoms with Crippen LogP contribution in [0.3, 0.4) is 0 Å². The number of fused-ring (bicyclic) bond motifs is 35. The van der Waals surface area contributed by atoms with E-state index in [9.17, 15) is 0 Å². The normalized spacial score (nSPS) is 15.6. The maximum atomic E-state index is 8.30. The minimum absolute atomic E-state index is 0.297. The molecule has 0 aliphatic carbocycles. The van der Waals surface area contributed by atoms with Gasteiger partial charge in [-0.15, -0.1) is 0 Å². The van der Waals surface area contributed by atoms with Crippen LogP contribution in [-0.2, 0) is 81.7 Å². The van der Waals surface area contributed by atoms with Crippen LogP contribution in [0.15, 0.2) is 219 Å². The molecule has 0 N–H and O–H groups in total. The molecule has 0 amide bonds. The Morgan fingerprint density at radius 2 is 0.741 bits per heavy atom. The Morgan fingerprint density at radius 1 is 0.343 bits per heavy atom. The van der Waals surface area contributed by atoms with Crippen molar-refractivity contribution in [1.82, 2.24) is 86.4 Å². The van der Waals surface area contributed by atoms with Crippen LogP contribution in [0.5, 0.6) is 0 Å². The monoisotopic (exact) mass is 1450 g/mol. The molecule has 5 aliphatic rings. The highest BCUT2D eigenvalue weighted by molar-refractivity contribution is 7.25. The van der Waals surface area contributed by atoms with Gasteiger partial charge in [0.15, 0.2) is 11.1 Å². The van der Waals surface area contributed by atoms with E-state index in [-0.39, 0.29) is 0 Å². The van der Waals surface area contributed by atoms with Gasteiger partial charge in [-0.3, -0.25) is 52.7 Å². The summed E-state index contributed by atoms with van der Waals surface area (Å²) in [6.45, 7) is -8.91. The Bertz CT molecular complexity index is 8050. The third-order valence-electron chi connectivity index (χ3n) is 21.4. The molecule has 0 saturated carbocycles. The first-order valence-corrected chi connectivity index (χ1v) is 35.5. The van der Waals surface area contributed by atoms with Gasteiger partial charge in [-0.2, -0.15) is 4.57 Å². The van der Waals surface area contributed by atoms with E-state index < -0.39 is 34.9 Å². The summed E-state index contributed by atoms with van der Waals surface area (Å²) in [4.78, 5) is 44.5. The van der Waals surface area contributed by atoms with Crippen LogP contribution in [-0.4, -0.2) is 86.4 Å². The van der Waals surface area contributed by atoms with Gasteiger partial charge in [-0.05, 0) is 103 Å². The molecule has 25 heteroatoms. The molecule has 0 fully saturated rings. The lowest BCUT2D eigenvalue weighted by molar-refractivity contribution is -0.652. The number of hydrogen-bond donors (Lipinski definition) is 0. The number of aryl methyl sites for hydroxylation is 7. The van der Waals surface area contributed by atoms with Gasteiger partial charge in [0.1, 0.15) is 57.4 Å². The summed E-state index contributed by atoms with van der Waals surface area (Å²) in [7, 11) is 4.07. The standard InChI is InChI=1S/C21H16N5.2C16H14N5.C15H11N4O.C15H11N4S/c1-24-19-18-17(8-5-10-23-18)26(15-6-3-2-4-7-15)21(19)25-13-14-9-11-22-12-16(14)20(24)25;2*1-19-12-4-3-6-18-13(12)14-16(19)21-9-10-5-7-17-8-11(10)15(21)20(14)2;2*1-18-13-12-11(3-2-5-17-12)20-15(13)19-8-9-4-6-16-7-10(9)14(18)19/h2-12H,13H2,1H3;2*3-8H,9H2,1-2H3;2*2-7H,8H2,1H3/q5*+1/i1D3;1D3,2D3;2D3;1D3;. The van der Waals surface area contributed by atoms with Crippen LogP contribution in [0.2, 0.25) is 0 Å². The molecule has 24 nitrogen and oxygen atoms in total. The number of furan rings is 1. The van der Waals surface area contributed by atoms with E-state index in [4.69, 9.17) is 25.0 Å². The zero-order valence-corrected chi connectivity index (χ0v) is 58.2. The molecule has 21 aromatic rings. The van der Waals surface area contributed by atoms with Gasteiger partial charge in [0, 0.05) is 121 Å². The number of imidazole rings is 5. The van der Waals surface area contributed by atoms with Crippen LogP contribution in [0, 0.1) is 0 Å². The highest BCUT2D eigenvalue weighted by atomic mass is 32.1. The third-order valence-corrected chi connectivity index (χ3v) is 22.6. The predicted molar refractivity (Wildman–Crippen MR) is 411 cm³/mol. The Labute approximate surface area is 638 Å². The summed E-state index contributed by atoms with van der Waals surface area (Å²) in [5.74, 6) is 3.58. The number of pyridine rings is 10. The molecule has 0 spiro atoms. The lowest BCUT2D eigenvalue weighted by Gasteiger charge is -2.02. The van der Waals surface area contributed by atoms with Gasteiger partial charge in [-0.1, -0.05) is 29.5 Å². The molecule has 25 heterocycles. The Kier molecular flexibility index (Phi) is 10.3. The molecule has 520 valence electrons. The molecular formula is C83H66N23OS+5. The first kappa shape index (κ1) is 48.3. The maximum Gasteiger partial charge on any atom is 0.341 e. The Hall–Kier alpha value is -13.8. The van der Waals surface area contributed by atoms with Crippen molar-refractivity contribution >= 4 is 121 Å². The number of benzene rings is 1. The van der Waals surface area contributed by atoms with Gasteiger partial charge in [0.2, 0.25) is 49.9 Å². The van der Waals surface area contributed by atoms with E-state index in [1.54, 1.807) is 97.0 Å². The van der Waals surface area contributed by atoms with E-state index in [1.165, 1.54) is 61.0 Å². The fraction of sp³-hybridized carbons (Fsp3) is 0.145. The second-order valence-electron chi connectivity index (χ2n) is 27.0. The summed E-state index contributed by atoms with van der Waals surface area (Å²) < 4.78 is 152. The van der Waals surface area contributed by atoms with Crippen molar-refractivity contribution in [2.45, 2.75) is 32.7 Å². The zero-order valence-electron chi connectivity index (χ0n) is 72.3. The number of rotatable bonds is 1. The average molecular weight is 1450 g/mol. The summed E-state index contributed by atoms with van der Waals surface area (Å²) in [5.41, 5.74) is 22.9. The molecule has 0 saturated heterocycles. The smallest absolute Gasteiger partial charge is 0.341 e. The van der Waals surface area contributed by atoms with Gasteiger partial charge in [0.25, 0.3) is 28.6 Å². The first-order valence-electron chi connectivity index (χ1n) is 42.2. The van der Waals surface area contributed by atoms with Crippen LogP contribution in [0.25, 0.3) is 172 Å². The lowest BCUT2D eigenvalue weighted by atomic mass is 10.2. The van der Waals surface area contributed by atoms with E-state index in [2.05, 4.69) is 91.9 Å². The molecule has 108 heavy (non-hydrogen) atoms. The number of aromatic nitrogens is 23. The second-order valence-corrected chi connectivity index (χ2v) is 28.1. The number of thiophene rings is 1. The Morgan fingerprint density at radius 3 is 1.27 bits per heavy atom. The maximum absolute atomic E-state index is 8.30. The highest BCUT2D eigenvalue weighted by Crippen LogP contribution is 2.41. The summed E-state index contributed by atoms with van der Waals surface area (Å²) in [6.07, 6.45) is 25.9. The van der Waals surface area contributed by atoms with Crippen molar-refractivity contribution in [2.24, 2.45) is 49.0 Å². The number of hydrogen-bond acceptors (Lipinski definition) is 12. The molecule has 0 atom stereocenters. The molecule has 1 aromatic carbocycles. The van der Waals surface area contributed by atoms with Gasteiger partial charge in [0.05, 0.1) is 122 Å². The zero-order chi connectivity index (χ0) is 84.6. The number of nitrogens with zero attached hydrogens (tertiary/aromatic N) is 23. The topological polar surface area (TPSA) is 201 Å². The molecular weight excluding hydrogens is 1370 g/mol. The van der Waals surface area contributed by atoms with Crippen LogP contribution in [0.1, 0.15) is 48.4 Å². The van der Waals surface area contributed by atoms with E-state index in [0.717, 1.165) is 79.0 Å². The largest absolute Gasteiger partial charge is 0.417 e. The average Bonchev–Trinajstić information content (AvgIpc) is 1.53. The minimum Gasteiger partial charge on any atom is -0.417 e. The highest BCUT2D eigenvalue weighted by Gasteiger charge is 2.41. The van der Waals surface area contributed by atoms with Gasteiger partial charge in [-0.25, -0.2) is 51.9 Å². The summed E-state index contributed by atoms with van der Waals surface area (Å²) in [5, 5.41) is 0. The molecule has 0 radical (unpaired) electrons. The molecule has 5 aliphatic heterocycles. The van der Waals surface area contributed by atoms with E-state index >= 15 is 0 Å². The lowest BCUT2D eigenvalue weighted by Crippen LogP contribution is -2.33.